The molecule has 0 atom stereocenters. The van der Waals surface area contributed by atoms with Gasteiger partial charge in [0.15, 0.2) is 11.5 Å². The Morgan fingerprint density at radius 2 is 1.60 bits per heavy atom. The van der Waals surface area contributed by atoms with Gasteiger partial charge in [0.25, 0.3) is 0 Å². The minimum atomic E-state index is 0.675. The number of rotatable bonds is 3. The number of hydrogen-bond acceptors (Lipinski definition) is 5. The fourth-order valence-corrected chi connectivity index (χ4v) is 3.65. The first kappa shape index (κ1) is 16.6. The van der Waals surface area contributed by atoms with E-state index in [0.717, 1.165) is 44.5 Å². The van der Waals surface area contributed by atoms with Crippen LogP contribution in [0.25, 0.3) is 56.0 Å². The van der Waals surface area contributed by atoms with Crippen LogP contribution in [0.3, 0.4) is 0 Å². The van der Waals surface area contributed by atoms with Crippen LogP contribution in [0.4, 0.5) is 0 Å². The van der Waals surface area contributed by atoms with Crippen LogP contribution in [0.2, 0.25) is 0 Å². The third kappa shape index (κ3) is 2.64. The molecule has 0 aliphatic rings. The first-order valence-corrected chi connectivity index (χ1v) is 9.52. The minimum Gasteiger partial charge on any atom is -0.336 e. The Hall–Kier alpha value is -4.39. The van der Waals surface area contributed by atoms with E-state index >= 15 is 0 Å². The molecule has 7 nitrogen and oxygen atoms in total. The summed E-state index contributed by atoms with van der Waals surface area (Å²) in [5, 5.41) is 7.55. The molecule has 1 aromatic carbocycles. The molecule has 30 heavy (non-hydrogen) atoms. The number of hydrogen-bond donors (Lipinski definition) is 2. The van der Waals surface area contributed by atoms with Gasteiger partial charge in [-0.25, -0.2) is 9.97 Å². The summed E-state index contributed by atoms with van der Waals surface area (Å²) in [6, 6.07) is 17.9. The van der Waals surface area contributed by atoms with Gasteiger partial charge < -0.3 is 4.98 Å². The molecule has 5 aromatic heterocycles. The van der Waals surface area contributed by atoms with Crippen molar-refractivity contribution in [2.24, 2.45) is 0 Å². The molecule has 0 spiro atoms. The molecule has 2 N–H and O–H groups in total. The zero-order valence-corrected chi connectivity index (χ0v) is 15.7. The first-order valence-electron chi connectivity index (χ1n) is 9.52. The van der Waals surface area contributed by atoms with Crippen molar-refractivity contribution in [3.8, 4) is 33.9 Å². The molecule has 142 valence electrons. The Labute approximate surface area is 170 Å². The highest BCUT2D eigenvalue weighted by molar-refractivity contribution is 5.96. The quantitative estimate of drug-likeness (QED) is 0.460. The van der Waals surface area contributed by atoms with Crippen LogP contribution in [-0.4, -0.2) is 35.1 Å². The van der Waals surface area contributed by atoms with Gasteiger partial charge in [-0.3, -0.25) is 15.1 Å². The van der Waals surface area contributed by atoms with Crippen molar-refractivity contribution in [3.63, 3.8) is 0 Å². The lowest BCUT2D eigenvalue weighted by Gasteiger charge is -2.01. The molecule has 7 heteroatoms. The van der Waals surface area contributed by atoms with Crippen LogP contribution < -0.4 is 0 Å². The summed E-state index contributed by atoms with van der Waals surface area (Å²) in [7, 11) is 0. The van der Waals surface area contributed by atoms with Gasteiger partial charge in [0, 0.05) is 35.9 Å². The van der Waals surface area contributed by atoms with Gasteiger partial charge in [0.1, 0.15) is 5.52 Å². The third-order valence-electron chi connectivity index (χ3n) is 5.09. The number of aromatic amines is 2. The average molecular weight is 389 g/mol. The lowest BCUT2D eigenvalue weighted by Crippen LogP contribution is -1.87. The van der Waals surface area contributed by atoms with E-state index in [9.17, 15) is 0 Å². The van der Waals surface area contributed by atoms with Crippen molar-refractivity contribution in [1.82, 2.24) is 35.1 Å². The highest BCUT2D eigenvalue weighted by Gasteiger charge is 2.16. The highest BCUT2D eigenvalue weighted by atomic mass is 15.1. The Morgan fingerprint density at radius 3 is 2.47 bits per heavy atom. The standard InChI is InChI=1S/C23H15N7/c1-4-16(14-8-11-24-12-9-14)20-18(5-1)27-23(28-20)22-21-19(29-30-22)7-6-17(26-21)15-3-2-10-25-13-15/h1-13H,(H,27,28)(H,29,30). The van der Waals surface area contributed by atoms with Crippen molar-refractivity contribution in [2.45, 2.75) is 0 Å². The smallest absolute Gasteiger partial charge is 0.161 e. The summed E-state index contributed by atoms with van der Waals surface area (Å²) in [5.41, 5.74) is 8.04. The van der Waals surface area contributed by atoms with E-state index in [1.54, 1.807) is 24.8 Å². The first-order chi connectivity index (χ1) is 14.9. The number of benzene rings is 1. The molecular formula is C23H15N7. The molecule has 0 radical (unpaired) electrons. The molecule has 0 unspecified atom stereocenters. The number of fused-ring (bicyclic) bond motifs is 2. The number of pyridine rings is 3. The Balaban J connectivity index is 1.52. The molecular weight excluding hydrogens is 374 g/mol. The summed E-state index contributed by atoms with van der Waals surface area (Å²) in [6.07, 6.45) is 7.12. The average Bonchev–Trinajstić information content (AvgIpc) is 3.43. The van der Waals surface area contributed by atoms with Crippen LogP contribution in [0.1, 0.15) is 0 Å². The van der Waals surface area contributed by atoms with Gasteiger partial charge in [-0.05, 0) is 48.0 Å². The van der Waals surface area contributed by atoms with E-state index in [1.807, 2.05) is 48.5 Å². The van der Waals surface area contributed by atoms with E-state index in [4.69, 9.17) is 9.97 Å². The zero-order valence-electron chi connectivity index (χ0n) is 15.7. The molecule has 0 saturated carbocycles. The van der Waals surface area contributed by atoms with Gasteiger partial charge in [0.2, 0.25) is 0 Å². The molecule has 0 fully saturated rings. The van der Waals surface area contributed by atoms with E-state index in [2.05, 4.69) is 31.2 Å². The molecule has 6 rings (SSSR count). The molecule has 0 aliphatic heterocycles. The highest BCUT2D eigenvalue weighted by Crippen LogP contribution is 2.31. The molecule has 0 saturated heterocycles. The third-order valence-corrected chi connectivity index (χ3v) is 5.09. The fourth-order valence-electron chi connectivity index (χ4n) is 3.65. The van der Waals surface area contributed by atoms with Crippen LogP contribution >= 0.6 is 0 Å². The predicted molar refractivity (Wildman–Crippen MR) is 115 cm³/mol. The second kappa shape index (κ2) is 6.59. The summed E-state index contributed by atoms with van der Waals surface area (Å²) in [4.78, 5) is 21.4. The second-order valence-electron chi connectivity index (χ2n) is 6.93. The maximum absolute atomic E-state index is 4.87. The van der Waals surface area contributed by atoms with Crippen molar-refractivity contribution in [1.29, 1.82) is 0 Å². The summed E-state index contributed by atoms with van der Waals surface area (Å²) in [6.45, 7) is 0. The summed E-state index contributed by atoms with van der Waals surface area (Å²) < 4.78 is 0. The molecule has 0 aliphatic carbocycles. The number of para-hydroxylation sites is 1. The van der Waals surface area contributed by atoms with Crippen molar-refractivity contribution in [3.05, 3.63) is 79.4 Å². The maximum Gasteiger partial charge on any atom is 0.161 e. The normalized spacial score (nSPS) is 11.3. The SMILES string of the molecule is c1cncc(-c2ccc3[nH]nc(-c4nc5c(-c6ccncc6)cccc5[nH]4)c3n2)c1. The van der Waals surface area contributed by atoms with Gasteiger partial charge in [-0.2, -0.15) is 5.10 Å². The van der Waals surface area contributed by atoms with E-state index in [-0.39, 0.29) is 0 Å². The summed E-state index contributed by atoms with van der Waals surface area (Å²) >= 11 is 0. The van der Waals surface area contributed by atoms with Gasteiger partial charge >= 0.3 is 0 Å². The van der Waals surface area contributed by atoms with Crippen LogP contribution in [0, 0.1) is 0 Å². The number of H-pyrrole nitrogens is 2. The number of nitrogens with zero attached hydrogens (tertiary/aromatic N) is 5. The molecule has 0 amide bonds. The van der Waals surface area contributed by atoms with Crippen LogP contribution in [-0.2, 0) is 0 Å². The van der Waals surface area contributed by atoms with Crippen LogP contribution in [0.5, 0.6) is 0 Å². The predicted octanol–water partition coefficient (Wildman–Crippen LogP) is 4.63. The molecule has 6 aromatic rings. The van der Waals surface area contributed by atoms with Gasteiger partial charge in [0.05, 0.1) is 22.2 Å². The van der Waals surface area contributed by atoms with E-state index in [1.165, 1.54) is 0 Å². The van der Waals surface area contributed by atoms with E-state index in [0.29, 0.717) is 11.5 Å². The monoisotopic (exact) mass is 389 g/mol. The number of nitrogens with one attached hydrogen (secondary N) is 2. The Bertz CT molecular complexity index is 1480. The van der Waals surface area contributed by atoms with Gasteiger partial charge in [-0.15, -0.1) is 0 Å². The van der Waals surface area contributed by atoms with Crippen molar-refractivity contribution in [2.75, 3.05) is 0 Å². The topological polar surface area (TPSA) is 96.0 Å². The largest absolute Gasteiger partial charge is 0.336 e. The summed E-state index contributed by atoms with van der Waals surface area (Å²) in [5.74, 6) is 0.675. The second-order valence-corrected chi connectivity index (χ2v) is 6.93. The zero-order chi connectivity index (χ0) is 19.9. The Kier molecular flexibility index (Phi) is 3.64. The number of aromatic nitrogens is 7. The lowest BCUT2D eigenvalue weighted by molar-refractivity contribution is 1.10. The van der Waals surface area contributed by atoms with Crippen molar-refractivity contribution < 1.29 is 0 Å². The van der Waals surface area contributed by atoms with Crippen molar-refractivity contribution >= 4 is 22.1 Å². The fraction of sp³-hybridized carbons (Fsp3) is 0. The maximum atomic E-state index is 4.87. The molecule has 0 bridgehead atoms. The minimum absolute atomic E-state index is 0.675. The molecule has 5 heterocycles. The van der Waals surface area contributed by atoms with Gasteiger partial charge in [-0.1, -0.05) is 12.1 Å². The lowest BCUT2D eigenvalue weighted by atomic mass is 10.1. The Morgan fingerprint density at radius 1 is 0.667 bits per heavy atom. The van der Waals surface area contributed by atoms with Crippen LogP contribution in [0.15, 0.2) is 79.4 Å². The van der Waals surface area contributed by atoms with E-state index < -0.39 is 0 Å². The number of imidazole rings is 1.